The fraction of sp³-hybridized carbons (Fsp3) is 0.500. The Morgan fingerprint density at radius 1 is 1.11 bits per heavy atom. The van der Waals surface area contributed by atoms with Crippen LogP contribution in [0.3, 0.4) is 0 Å². The predicted molar refractivity (Wildman–Crippen MR) is 99.5 cm³/mol. The van der Waals surface area contributed by atoms with Gasteiger partial charge in [-0.1, -0.05) is 6.07 Å². The van der Waals surface area contributed by atoms with Gasteiger partial charge < -0.3 is 15.3 Å². The van der Waals surface area contributed by atoms with Crippen LogP contribution in [0.4, 0.5) is 5.69 Å². The number of aliphatic carboxylic acids is 1. The van der Waals surface area contributed by atoms with Crippen LogP contribution in [0, 0.1) is 5.92 Å². The van der Waals surface area contributed by atoms with E-state index >= 15 is 0 Å². The van der Waals surface area contributed by atoms with Crippen LogP contribution in [-0.4, -0.2) is 45.8 Å². The van der Waals surface area contributed by atoms with E-state index in [1.807, 2.05) is 12.1 Å². The number of carbonyl (C=O) groups excluding carboxylic acids is 3. The van der Waals surface area contributed by atoms with E-state index in [4.69, 9.17) is 5.11 Å². The molecule has 1 aromatic rings. The number of anilines is 1. The van der Waals surface area contributed by atoms with Gasteiger partial charge in [0.15, 0.2) is 0 Å². The van der Waals surface area contributed by atoms with E-state index < -0.39 is 17.9 Å². The number of piperidine rings is 1. The van der Waals surface area contributed by atoms with Crippen molar-refractivity contribution in [3.05, 3.63) is 29.3 Å². The van der Waals surface area contributed by atoms with Crippen LogP contribution in [0.15, 0.2) is 18.2 Å². The van der Waals surface area contributed by atoms with Crippen molar-refractivity contribution in [2.24, 2.45) is 5.92 Å². The molecule has 0 aromatic heterocycles. The lowest BCUT2D eigenvalue weighted by Crippen LogP contribution is -2.52. The van der Waals surface area contributed by atoms with E-state index in [-0.39, 0.29) is 30.2 Å². The van der Waals surface area contributed by atoms with Crippen molar-refractivity contribution in [1.82, 2.24) is 10.2 Å². The zero-order valence-electron chi connectivity index (χ0n) is 15.4. The van der Waals surface area contributed by atoms with Gasteiger partial charge in [-0.15, -0.1) is 0 Å². The number of fused-ring (bicyclic) bond motifs is 1. The summed E-state index contributed by atoms with van der Waals surface area (Å²) in [6.07, 6.45) is 3.39. The van der Waals surface area contributed by atoms with E-state index in [9.17, 15) is 19.2 Å². The molecule has 3 amide bonds. The molecule has 2 heterocycles. The monoisotopic (exact) mass is 385 g/mol. The van der Waals surface area contributed by atoms with Crippen molar-refractivity contribution in [3.63, 3.8) is 0 Å². The number of amides is 3. The minimum atomic E-state index is -0.732. The molecule has 0 bridgehead atoms. The summed E-state index contributed by atoms with van der Waals surface area (Å²) < 4.78 is 0. The Morgan fingerprint density at radius 3 is 2.54 bits per heavy atom. The summed E-state index contributed by atoms with van der Waals surface area (Å²) >= 11 is 0. The van der Waals surface area contributed by atoms with Crippen molar-refractivity contribution in [3.8, 4) is 0 Å². The maximum atomic E-state index is 12.9. The maximum absolute atomic E-state index is 12.9. The predicted octanol–water partition coefficient (Wildman–Crippen LogP) is 1.50. The molecule has 148 valence electrons. The number of nitrogens with one attached hydrogen (secondary N) is 2. The van der Waals surface area contributed by atoms with E-state index in [1.165, 1.54) is 0 Å². The number of rotatable bonds is 4. The first-order valence-corrected chi connectivity index (χ1v) is 9.70. The Kier molecular flexibility index (Phi) is 4.78. The Balaban J connectivity index is 1.48. The summed E-state index contributed by atoms with van der Waals surface area (Å²) in [6.45, 7) is 0.327. The maximum Gasteiger partial charge on any atom is 0.306 e. The fourth-order valence-corrected chi connectivity index (χ4v) is 4.43. The number of carbonyl (C=O) groups is 4. The molecule has 1 unspecified atom stereocenters. The van der Waals surface area contributed by atoms with E-state index in [1.54, 1.807) is 11.0 Å². The number of hydrogen-bond acceptors (Lipinski definition) is 5. The molecule has 1 aliphatic carbocycles. The van der Waals surface area contributed by atoms with Gasteiger partial charge in [-0.2, -0.15) is 0 Å². The summed E-state index contributed by atoms with van der Waals surface area (Å²) in [5.74, 6) is -1.92. The standard InChI is InChI=1S/C20H23N3O5/c24-17-9-8-16(18(25)22-17)23-10-14-13(19(23)26)2-1-3-15(14)21-12-6-4-11(5-7-12)20(27)28/h1-3,11-12,16,21H,4-10H2,(H,27,28)(H,22,24,25). The van der Waals surface area contributed by atoms with Crippen molar-refractivity contribution >= 4 is 29.4 Å². The molecule has 1 saturated carbocycles. The van der Waals surface area contributed by atoms with Gasteiger partial charge in [-0.3, -0.25) is 24.5 Å². The highest BCUT2D eigenvalue weighted by Crippen LogP contribution is 2.34. The minimum absolute atomic E-state index is 0.168. The summed E-state index contributed by atoms with van der Waals surface area (Å²) in [6, 6.07) is 5.04. The van der Waals surface area contributed by atoms with Crippen LogP contribution in [0.25, 0.3) is 0 Å². The SMILES string of the molecule is O=C1CCC(N2Cc3c(NC4CCC(C(=O)O)CC4)cccc3C2=O)C(=O)N1. The number of nitrogens with zero attached hydrogens (tertiary/aromatic N) is 1. The second-order valence-corrected chi connectivity index (χ2v) is 7.76. The van der Waals surface area contributed by atoms with Gasteiger partial charge in [0.1, 0.15) is 6.04 Å². The van der Waals surface area contributed by atoms with Crippen molar-refractivity contribution in [2.75, 3.05) is 5.32 Å². The first-order chi connectivity index (χ1) is 13.4. The molecule has 4 rings (SSSR count). The zero-order chi connectivity index (χ0) is 19.8. The molecule has 28 heavy (non-hydrogen) atoms. The second kappa shape index (κ2) is 7.26. The molecule has 3 N–H and O–H groups in total. The Morgan fingerprint density at radius 2 is 1.86 bits per heavy atom. The number of benzene rings is 1. The largest absolute Gasteiger partial charge is 0.481 e. The fourth-order valence-electron chi connectivity index (χ4n) is 4.43. The summed E-state index contributed by atoms with van der Waals surface area (Å²) in [7, 11) is 0. The number of imide groups is 1. The summed E-state index contributed by atoms with van der Waals surface area (Å²) in [5.41, 5.74) is 2.30. The van der Waals surface area contributed by atoms with Crippen LogP contribution < -0.4 is 10.6 Å². The molecule has 0 spiro atoms. The molecule has 1 aromatic carbocycles. The molecule has 2 fully saturated rings. The van der Waals surface area contributed by atoms with E-state index in [2.05, 4.69) is 10.6 Å². The molecule has 2 aliphatic heterocycles. The highest BCUT2D eigenvalue weighted by Gasteiger charge is 2.40. The lowest BCUT2D eigenvalue weighted by Gasteiger charge is -2.30. The van der Waals surface area contributed by atoms with Crippen LogP contribution >= 0.6 is 0 Å². The molecule has 8 heteroatoms. The highest BCUT2D eigenvalue weighted by atomic mass is 16.4. The van der Waals surface area contributed by atoms with Crippen LogP contribution in [0.5, 0.6) is 0 Å². The van der Waals surface area contributed by atoms with E-state index in [0.29, 0.717) is 31.4 Å². The molecule has 1 atom stereocenters. The smallest absolute Gasteiger partial charge is 0.306 e. The second-order valence-electron chi connectivity index (χ2n) is 7.76. The van der Waals surface area contributed by atoms with Crippen LogP contribution in [0.1, 0.15) is 54.4 Å². The first kappa shape index (κ1) is 18.5. The van der Waals surface area contributed by atoms with Crippen molar-refractivity contribution in [1.29, 1.82) is 0 Å². The quantitative estimate of drug-likeness (QED) is 0.677. The van der Waals surface area contributed by atoms with Gasteiger partial charge in [0.25, 0.3) is 5.91 Å². The van der Waals surface area contributed by atoms with Crippen LogP contribution in [0.2, 0.25) is 0 Å². The Hall–Kier alpha value is -2.90. The highest BCUT2D eigenvalue weighted by molar-refractivity contribution is 6.06. The average molecular weight is 385 g/mol. The van der Waals surface area contributed by atoms with Crippen molar-refractivity contribution < 1.29 is 24.3 Å². The Labute approximate surface area is 162 Å². The van der Waals surface area contributed by atoms with Crippen LogP contribution in [-0.2, 0) is 20.9 Å². The summed E-state index contributed by atoms with van der Waals surface area (Å²) in [5, 5.41) is 14.9. The molecule has 0 radical (unpaired) electrons. The number of carboxylic acid groups (broad SMARTS) is 1. The summed E-state index contributed by atoms with van der Waals surface area (Å²) in [4.78, 5) is 49.1. The third kappa shape index (κ3) is 3.34. The van der Waals surface area contributed by atoms with E-state index in [0.717, 1.165) is 24.1 Å². The molecule has 8 nitrogen and oxygen atoms in total. The molecular weight excluding hydrogens is 362 g/mol. The molecule has 1 saturated heterocycles. The third-order valence-electron chi connectivity index (χ3n) is 6.02. The van der Waals surface area contributed by atoms with Crippen molar-refractivity contribution in [2.45, 2.75) is 57.2 Å². The zero-order valence-corrected chi connectivity index (χ0v) is 15.4. The lowest BCUT2D eigenvalue weighted by atomic mass is 9.86. The number of hydrogen-bond donors (Lipinski definition) is 3. The third-order valence-corrected chi connectivity index (χ3v) is 6.02. The van der Waals surface area contributed by atoms with Gasteiger partial charge in [0, 0.05) is 35.8 Å². The molecule has 3 aliphatic rings. The average Bonchev–Trinajstić information content (AvgIpc) is 3.00. The Bertz CT molecular complexity index is 844. The first-order valence-electron chi connectivity index (χ1n) is 9.70. The van der Waals surface area contributed by atoms with Gasteiger partial charge >= 0.3 is 5.97 Å². The minimum Gasteiger partial charge on any atom is -0.481 e. The number of carboxylic acids is 1. The van der Waals surface area contributed by atoms with Gasteiger partial charge in [-0.25, -0.2) is 0 Å². The van der Waals surface area contributed by atoms with Gasteiger partial charge in [-0.05, 0) is 44.2 Å². The van der Waals surface area contributed by atoms with Gasteiger partial charge in [0.2, 0.25) is 11.8 Å². The molecular formula is C20H23N3O5. The topological polar surface area (TPSA) is 116 Å². The van der Waals surface area contributed by atoms with Gasteiger partial charge in [0.05, 0.1) is 5.92 Å². The lowest BCUT2D eigenvalue weighted by molar-refractivity contribution is -0.143. The normalized spacial score (nSPS) is 27.4.